The number of piperazine rings is 1. The zero-order valence-electron chi connectivity index (χ0n) is 12.9. The summed E-state index contributed by atoms with van der Waals surface area (Å²) in [6.07, 6.45) is 1.89. The molecule has 0 bridgehead atoms. The molecule has 24 heavy (non-hydrogen) atoms. The van der Waals surface area contributed by atoms with E-state index < -0.39 is 18.1 Å². The number of fused-ring (bicyclic) bond motifs is 1. The minimum absolute atomic E-state index is 0.0126. The van der Waals surface area contributed by atoms with Crippen LogP contribution in [-0.2, 0) is 20.9 Å². The lowest BCUT2D eigenvalue weighted by molar-refractivity contribution is -0.155. The summed E-state index contributed by atoms with van der Waals surface area (Å²) < 4.78 is 5.83. The molecule has 1 amide bonds. The van der Waals surface area contributed by atoms with Gasteiger partial charge in [0, 0.05) is 30.0 Å². The number of carbonyl (C=O) groups excluding carboxylic acids is 2. The minimum Gasteiger partial charge on any atom is -0.467 e. The first-order valence-electron chi connectivity index (χ1n) is 7.28. The van der Waals surface area contributed by atoms with E-state index in [0.717, 1.165) is 4.57 Å². The van der Waals surface area contributed by atoms with Crippen LogP contribution in [0.4, 0.5) is 4.79 Å². The SMILES string of the molecule is COC(=O)C1CNCC(=O)N1Cc1cc2cnccc2n1C(=O)O. The highest BCUT2D eigenvalue weighted by atomic mass is 16.5. The monoisotopic (exact) mass is 332 g/mol. The first kappa shape index (κ1) is 15.9. The van der Waals surface area contributed by atoms with Crippen molar-refractivity contribution in [2.24, 2.45) is 0 Å². The van der Waals surface area contributed by atoms with Gasteiger partial charge in [0.25, 0.3) is 0 Å². The van der Waals surface area contributed by atoms with Gasteiger partial charge in [-0.2, -0.15) is 0 Å². The topological polar surface area (TPSA) is 114 Å². The number of nitrogens with zero attached hydrogens (tertiary/aromatic N) is 3. The van der Waals surface area contributed by atoms with Crippen LogP contribution >= 0.6 is 0 Å². The number of methoxy groups -OCH3 is 1. The van der Waals surface area contributed by atoms with E-state index in [1.54, 1.807) is 18.3 Å². The third kappa shape index (κ3) is 2.69. The van der Waals surface area contributed by atoms with Crippen LogP contribution in [0.25, 0.3) is 10.9 Å². The first-order valence-corrected chi connectivity index (χ1v) is 7.28. The second kappa shape index (κ2) is 6.28. The van der Waals surface area contributed by atoms with Gasteiger partial charge >= 0.3 is 12.1 Å². The molecule has 1 unspecified atom stereocenters. The van der Waals surface area contributed by atoms with Crippen molar-refractivity contribution in [2.45, 2.75) is 12.6 Å². The fraction of sp³-hybridized carbons (Fsp3) is 0.333. The Kier molecular flexibility index (Phi) is 4.17. The van der Waals surface area contributed by atoms with Gasteiger partial charge in [-0.1, -0.05) is 0 Å². The van der Waals surface area contributed by atoms with E-state index in [1.165, 1.54) is 18.2 Å². The summed E-state index contributed by atoms with van der Waals surface area (Å²) in [5.41, 5.74) is 0.861. The summed E-state index contributed by atoms with van der Waals surface area (Å²) in [6, 6.07) is 2.44. The van der Waals surface area contributed by atoms with Gasteiger partial charge in [-0.3, -0.25) is 9.78 Å². The van der Waals surface area contributed by atoms with Crippen molar-refractivity contribution in [3.63, 3.8) is 0 Å². The molecule has 2 N–H and O–H groups in total. The highest BCUT2D eigenvalue weighted by Crippen LogP contribution is 2.21. The molecule has 0 aromatic carbocycles. The third-order valence-corrected chi connectivity index (χ3v) is 3.99. The summed E-state index contributed by atoms with van der Waals surface area (Å²) in [5, 5.41) is 13.0. The van der Waals surface area contributed by atoms with E-state index in [1.807, 2.05) is 0 Å². The first-order chi connectivity index (χ1) is 11.5. The number of nitrogens with one attached hydrogen (secondary N) is 1. The van der Waals surface area contributed by atoms with Crippen molar-refractivity contribution in [3.8, 4) is 0 Å². The summed E-state index contributed by atoms with van der Waals surface area (Å²) in [7, 11) is 1.25. The van der Waals surface area contributed by atoms with E-state index in [9.17, 15) is 19.5 Å². The second-order valence-corrected chi connectivity index (χ2v) is 5.38. The van der Waals surface area contributed by atoms with Gasteiger partial charge in [0.2, 0.25) is 5.91 Å². The molecule has 0 aliphatic carbocycles. The number of pyridine rings is 1. The number of carbonyl (C=O) groups is 3. The molecule has 3 rings (SSSR count). The average Bonchev–Trinajstić information content (AvgIpc) is 2.94. The standard InChI is InChI=1S/C15H16N4O5/c1-24-14(21)12-6-17-7-13(20)18(12)8-10-4-9-5-16-3-2-11(9)19(10)15(22)23/h2-5,12,17H,6-8H2,1H3,(H,22,23). The molecule has 2 aromatic rings. The number of hydrogen-bond donors (Lipinski definition) is 2. The van der Waals surface area contributed by atoms with Crippen molar-refractivity contribution < 1.29 is 24.2 Å². The normalized spacial score (nSPS) is 18.0. The van der Waals surface area contributed by atoms with Crippen LogP contribution in [-0.4, -0.2) is 63.8 Å². The van der Waals surface area contributed by atoms with Crippen molar-refractivity contribution in [2.75, 3.05) is 20.2 Å². The summed E-state index contributed by atoms with van der Waals surface area (Å²) in [6.45, 7) is 0.330. The number of amides is 1. The molecular weight excluding hydrogens is 316 g/mol. The van der Waals surface area contributed by atoms with Gasteiger partial charge in [-0.15, -0.1) is 0 Å². The summed E-state index contributed by atoms with van der Waals surface area (Å²) >= 11 is 0. The molecule has 3 heterocycles. The Bertz CT molecular complexity index is 815. The molecule has 1 aliphatic heterocycles. The summed E-state index contributed by atoms with van der Waals surface area (Å²) in [5.74, 6) is -0.841. The maximum atomic E-state index is 12.2. The second-order valence-electron chi connectivity index (χ2n) is 5.38. The highest BCUT2D eigenvalue weighted by Gasteiger charge is 2.34. The van der Waals surface area contributed by atoms with Gasteiger partial charge in [0.05, 0.1) is 25.7 Å². The maximum absolute atomic E-state index is 12.2. The molecule has 1 saturated heterocycles. The number of aromatic nitrogens is 2. The number of carboxylic acid groups (broad SMARTS) is 1. The number of esters is 1. The van der Waals surface area contributed by atoms with Crippen molar-refractivity contribution in [1.29, 1.82) is 0 Å². The largest absolute Gasteiger partial charge is 0.467 e. The predicted octanol–water partition coefficient (Wildman–Crippen LogP) is 0.0358. The van der Waals surface area contributed by atoms with E-state index in [0.29, 0.717) is 16.6 Å². The molecule has 9 heteroatoms. The number of ether oxygens (including phenoxy) is 1. The number of hydrogen-bond acceptors (Lipinski definition) is 6. The van der Waals surface area contributed by atoms with Crippen LogP contribution in [0.5, 0.6) is 0 Å². The van der Waals surface area contributed by atoms with Gasteiger partial charge in [0.15, 0.2) is 0 Å². The molecule has 1 aliphatic rings. The molecule has 0 radical (unpaired) electrons. The van der Waals surface area contributed by atoms with Crippen LogP contribution in [0.15, 0.2) is 24.5 Å². The molecule has 9 nitrogen and oxygen atoms in total. The van der Waals surface area contributed by atoms with Gasteiger partial charge in [-0.05, 0) is 12.1 Å². The lowest BCUT2D eigenvalue weighted by atomic mass is 10.1. The molecule has 126 valence electrons. The predicted molar refractivity (Wildman–Crippen MR) is 82.4 cm³/mol. The molecular formula is C15H16N4O5. The Morgan fingerprint density at radius 3 is 3.00 bits per heavy atom. The fourth-order valence-corrected chi connectivity index (χ4v) is 2.88. The van der Waals surface area contributed by atoms with Crippen molar-refractivity contribution in [3.05, 3.63) is 30.2 Å². The van der Waals surface area contributed by atoms with Gasteiger partial charge in [-0.25, -0.2) is 14.2 Å². The maximum Gasteiger partial charge on any atom is 0.416 e. The van der Waals surface area contributed by atoms with Crippen LogP contribution in [0.1, 0.15) is 5.69 Å². The van der Waals surface area contributed by atoms with Crippen LogP contribution < -0.4 is 5.32 Å². The summed E-state index contributed by atoms with van der Waals surface area (Å²) in [4.78, 5) is 41.1. The smallest absolute Gasteiger partial charge is 0.416 e. The zero-order chi connectivity index (χ0) is 17.3. The Balaban J connectivity index is 2.01. The Hall–Kier alpha value is -2.94. The lowest BCUT2D eigenvalue weighted by Crippen LogP contribution is -2.58. The van der Waals surface area contributed by atoms with Crippen molar-refractivity contribution in [1.82, 2.24) is 19.8 Å². The average molecular weight is 332 g/mol. The molecule has 2 aromatic heterocycles. The molecule has 0 saturated carbocycles. The molecule has 0 spiro atoms. The molecule has 1 fully saturated rings. The van der Waals surface area contributed by atoms with Crippen LogP contribution in [0.3, 0.4) is 0 Å². The van der Waals surface area contributed by atoms with Crippen molar-refractivity contribution >= 4 is 28.9 Å². The van der Waals surface area contributed by atoms with E-state index >= 15 is 0 Å². The number of rotatable bonds is 3. The quantitative estimate of drug-likeness (QED) is 0.763. The Morgan fingerprint density at radius 2 is 2.29 bits per heavy atom. The van der Waals surface area contributed by atoms with Gasteiger partial charge in [0.1, 0.15) is 6.04 Å². The highest BCUT2D eigenvalue weighted by molar-refractivity contribution is 5.90. The van der Waals surface area contributed by atoms with Gasteiger partial charge < -0.3 is 20.1 Å². The lowest BCUT2D eigenvalue weighted by Gasteiger charge is -2.34. The minimum atomic E-state index is -1.16. The van der Waals surface area contributed by atoms with E-state index in [4.69, 9.17) is 4.74 Å². The zero-order valence-corrected chi connectivity index (χ0v) is 12.9. The third-order valence-electron chi connectivity index (χ3n) is 3.99. The van der Waals surface area contributed by atoms with E-state index in [2.05, 4.69) is 10.3 Å². The Morgan fingerprint density at radius 1 is 1.50 bits per heavy atom. The van der Waals surface area contributed by atoms with E-state index in [-0.39, 0.29) is 25.5 Å². The Labute approximate surface area is 136 Å². The van der Waals surface area contributed by atoms with Crippen LogP contribution in [0.2, 0.25) is 0 Å². The fourth-order valence-electron chi connectivity index (χ4n) is 2.88. The molecule has 1 atom stereocenters. The van der Waals surface area contributed by atoms with Crippen LogP contribution in [0, 0.1) is 0 Å².